The van der Waals surface area contributed by atoms with Crippen LogP contribution in [0.3, 0.4) is 0 Å². The summed E-state index contributed by atoms with van der Waals surface area (Å²) in [5.74, 6) is 1.03. The number of nitrogens with two attached hydrogens (primary N) is 1. The highest BCUT2D eigenvalue weighted by Crippen LogP contribution is 2.24. The minimum atomic E-state index is 0.723. The van der Waals surface area contributed by atoms with Crippen LogP contribution in [0.25, 0.3) is 0 Å². The highest BCUT2D eigenvalue weighted by Gasteiger charge is 2.29. The Morgan fingerprint density at radius 1 is 1.24 bits per heavy atom. The van der Waals surface area contributed by atoms with Gasteiger partial charge in [0.15, 0.2) is 0 Å². The van der Waals surface area contributed by atoms with Crippen molar-refractivity contribution >= 4 is 11.5 Å². The first-order chi connectivity index (χ1) is 8.33. The molecular formula is C13H20N4. The van der Waals surface area contributed by atoms with Crippen molar-refractivity contribution in [3.8, 4) is 0 Å². The highest BCUT2D eigenvalue weighted by atomic mass is 15.3. The molecule has 0 spiro atoms. The van der Waals surface area contributed by atoms with E-state index in [0.29, 0.717) is 0 Å². The first-order valence-corrected chi connectivity index (χ1v) is 6.53. The van der Waals surface area contributed by atoms with Crippen LogP contribution in [0.2, 0.25) is 0 Å². The van der Waals surface area contributed by atoms with Crippen LogP contribution in [0.4, 0.5) is 11.5 Å². The molecule has 0 saturated carbocycles. The zero-order valence-electron chi connectivity index (χ0n) is 10.2. The van der Waals surface area contributed by atoms with Crippen LogP contribution in [0.15, 0.2) is 18.3 Å². The molecule has 17 heavy (non-hydrogen) atoms. The number of hydrogen-bond donors (Lipinski definition) is 1. The number of hydrogen-bond acceptors (Lipinski definition) is 4. The van der Waals surface area contributed by atoms with E-state index in [4.69, 9.17) is 5.73 Å². The predicted molar refractivity (Wildman–Crippen MR) is 70.1 cm³/mol. The Bertz CT molecular complexity index is 387. The van der Waals surface area contributed by atoms with Gasteiger partial charge in [-0.15, -0.1) is 0 Å². The van der Waals surface area contributed by atoms with E-state index in [1.165, 1.54) is 32.4 Å². The van der Waals surface area contributed by atoms with E-state index in [1.54, 1.807) is 6.20 Å². The van der Waals surface area contributed by atoms with Crippen LogP contribution >= 0.6 is 0 Å². The number of rotatable bonds is 2. The molecule has 0 aromatic carbocycles. The van der Waals surface area contributed by atoms with E-state index in [-0.39, 0.29) is 0 Å². The Morgan fingerprint density at radius 3 is 2.82 bits per heavy atom. The van der Waals surface area contributed by atoms with Gasteiger partial charge in [-0.2, -0.15) is 0 Å². The molecule has 0 aliphatic carbocycles. The number of nitrogen functional groups attached to an aromatic ring is 1. The van der Waals surface area contributed by atoms with Crippen LogP contribution in [-0.4, -0.2) is 42.1 Å². The van der Waals surface area contributed by atoms with Gasteiger partial charge in [0.2, 0.25) is 0 Å². The van der Waals surface area contributed by atoms with Crippen molar-refractivity contribution in [2.45, 2.75) is 25.3 Å². The molecule has 0 radical (unpaired) electrons. The largest absolute Gasteiger partial charge is 0.399 e. The molecule has 2 aliphatic heterocycles. The van der Waals surface area contributed by atoms with E-state index in [2.05, 4.69) is 14.8 Å². The quantitative estimate of drug-likeness (QED) is 0.836. The van der Waals surface area contributed by atoms with Gasteiger partial charge in [0.1, 0.15) is 5.82 Å². The second kappa shape index (κ2) is 4.53. The van der Waals surface area contributed by atoms with Gasteiger partial charge < -0.3 is 10.6 Å². The molecular weight excluding hydrogens is 212 g/mol. The summed E-state index contributed by atoms with van der Waals surface area (Å²) in [5, 5.41) is 0. The van der Waals surface area contributed by atoms with Crippen molar-refractivity contribution in [3.05, 3.63) is 18.3 Å². The summed E-state index contributed by atoms with van der Waals surface area (Å²) < 4.78 is 0. The molecule has 92 valence electrons. The van der Waals surface area contributed by atoms with Crippen molar-refractivity contribution < 1.29 is 0 Å². The van der Waals surface area contributed by atoms with Crippen LogP contribution in [-0.2, 0) is 0 Å². The maximum atomic E-state index is 5.81. The summed E-state index contributed by atoms with van der Waals surface area (Å²) in [6, 6.07) is 4.55. The lowest BCUT2D eigenvalue weighted by Crippen LogP contribution is -2.35. The SMILES string of the molecule is Nc1ccnc(N2CCC(N3CCCC3)C2)c1. The molecule has 0 bridgehead atoms. The monoisotopic (exact) mass is 232 g/mol. The van der Waals surface area contributed by atoms with Crippen molar-refractivity contribution in [1.82, 2.24) is 9.88 Å². The summed E-state index contributed by atoms with van der Waals surface area (Å²) >= 11 is 0. The molecule has 1 unspecified atom stereocenters. The molecule has 0 amide bonds. The molecule has 3 heterocycles. The van der Waals surface area contributed by atoms with Crippen molar-refractivity contribution in [2.75, 3.05) is 36.8 Å². The highest BCUT2D eigenvalue weighted by molar-refractivity contribution is 5.50. The van der Waals surface area contributed by atoms with E-state index >= 15 is 0 Å². The zero-order chi connectivity index (χ0) is 11.7. The average Bonchev–Trinajstić information content (AvgIpc) is 3.00. The Morgan fingerprint density at radius 2 is 2.06 bits per heavy atom. The Hall–Kier alpha value is -1.29. The fourth-order valence-electron chi connectivity index (χ4n) is 2.96. The molecule has 3 rings (SSSR count). The number of likely N-dealkylation sites (tertiary alicyclic amines) is 1. The first kappa shape index (κ1) is 10.8. The fourth-order valence-corrected chi connectivity index (χ4v) is 2.96. The third-order valence-electron chi connectivity index (χ3n) is 3.91. The lowest BCUT2D eigenvalue weighted by atomic mass is 10.2. The fraction of sp³-hybridized carbons (Fsp3) is 0.615. The van der Waals surface area contributed by atoms with E-state index in [0.717, 1.165) is 30.6 Å². The lowest BCUT2D eigenvalue weighted by Gasteiger charge is -2.24. The molecule has 2 fully saturated rings. The average molecular weight is 232 g/mol. The number of pyridine rings is 1. The number of nitrogens with zero attached hydrogens (tertiary/aromatic N) is 3. The van der Waals surface area contributed by atoms with Crippen molar-refractivity contribution in [1.29, 1.82) is 0 Å². The normalized spacial score (nSPS) is 25.6. The van der Waals surface area contributed by atoms with Gasteiger partial charge in [0.25, 0.3) is 0 Å². The molecule has 2 saturated heterocycles. The smallest absolute Gasteiger partial charge is 0.130 e. The second-order valence-electron chi connectivity index (χ2n) is 5.08. The molecule has 2 aliphatic rings. The maximum absolute atomic E-state index is 5.81. The molecule has 4 nitrogen and oxygen atoms in total. The zero-order valence-corrected chi connectivity index (χ0v) is 10.2. The summed E-state index contributed by atoms with van der Waals surface area (Å²) in [5.41, 5.74) is 6.61. The molecule has 1 aromatic heterocycles. The van der Waals surface area contributed by atoms with Crippen LogP contribution in [0.5, 0.6) is 0 Å². The number of aromatic nitrogens is 1. The lowest BCUT2D eigenvalue weighted by molar-refractivity contribution is 0.260. The predicted octanol–water partition coefficient (Wildman–Crippen LogP) is 1.34. The molecule has 1 aromatic rings. The number of anilines is 2. The Kier molecular flexibility index (Phi) is 2.89. The summed E-state index contributed by atoms with van der Waals surface area (Å²) in [6.07, 6.45) is 5.80. The van der Waals surface area contributed by atoms with Crippen LogP contribution < -0.4 is 10.6 Å². The Labute approximate surface area is 102 Å². The molecule has 2 N–H and O–H groups in total. The topological polar surface area (TPSA) is 45.4 Å². The van der Waals surface area contributed by atoms with Gasteiger partial charge in [-0.1, -0.05) is 0 Å². The van der Waals surface area contributed by atoms with Gasteiger partial charge in [-0.25, -0.2) is 4.98 Å². The van der Waals surface area contributed by atoms with Gasteiger partial charge in [0.05, 0.1) is 0 Å². The first-order valence-electron chi connectivity index (χ1n) is 6.53. The second-order valence-corrected chi connectivity index (χ2v) is 5.08. The van der Waals surface area contributed by atoms with Crippen LogP contribution in [0, 0.1) is 0 Å². The third-order valence-corrected chi connectivity index (χ3v) is 3.91. The molecule has 1 atom stereocenters. The van der Waals surface area contributed by atoms with Gasteiger partial charge in [-0.3, -0.25) is 4.90 Å². The maximum Gasteiger partial charge on any atom is 0.130 e. The molecule has 4 heteroatoms. The third kappa shape index (κ3) is 2.22. The minimum absolute atomic E-state index is 0.723. The summed E-state index contributed by atoms with van der Waals surface area (Å²) in [4.78, 5) is 9.40. The van der Waals surface area contributed by atoms with Gasteiger partial charge in [-0.05, 0) is 38.4 Å². The van der Waals surface area contributed by atoms with E-state index in [9.17, 15) is 0 Å². The summed E-state index contributed by atoms with van der Waals surface area (Å²) in [7, 11) is 0. The van der Waals surface area contributed by atoms with E-state index < -0.39 is 0 Å². The summed E-state index contributed by atoms with van der Waals surface area (Å²) in [6.45, 7) is 4.78. The standard InChI is InChI=1S/C13H20N4/c14-11-3-5-15-13(9-11)17-8-4-12(10-17)16-6-1-2-7-16/h3,5,9,12H,1-2,4,6-8,10H2,(H2,14,15). The van der Waals surface area contributed by atoms with E-state index in [1.807, 2.05) is 12.1 Å². The van der Waals surface area contributed by atoms with Gasteiger partial charge in [0, 0.05) is 37.1 Å². The Balaban J connectivity index is 1.67. The minimum Gasteiger partial charge on any atom is -0.399 e. The van der Waals surface area contributed by atoms with Crippen molar-refractivity contribution in [2.24, 2.45) is 0 Å². The van der Waals surface area contributed by atoms with Crippen LogP contribution in [0.1, 0.15) is 19.3 Å². The van der Waals surface area contributed by atoms with Crippen molar-refractivity contribution in [3.63, 3.8) is 0 Å². The van der Waals surface area contributed by atoms with Gasteiger partial charge >= 0.3 is 0 Å².